The molecule has 0 radical (unpaired) electrons. The molecule has 0 saturated carbocycles. The van der Waals surface area contributed by atoms with E-state index >= 15 is 0 Å². The van der Waals surface area contributed by atoms with Crippen LogP contribution in [0.1, 0.15) is 5.56 Å². The molecule has 35 heavy (non-hydrogen) atoms. The van der Waals surface area contributed by atoms with Gasteiger partial charge in [-0.05, 0) is 42.0 Å². The standard InChI is InChI=1S/C26H23BrFN3O3S/c27-20-10-12-21(13-11-20)35(32,33)25-26(34-24(29-25)22-8-4-5-9-23(22)28)31-16-14-30(15-17-31)18-19-6-2-1-3-7-19/h1-13H,14-18H2. The van der Waals surface area contributed by atoms with Gasteiger partial charge in [-0.25, -0.2) is 12.8 Å². The van der Waals surface area contributed by atoms with Gasteiger partial charge in [0.15, 0.2) is 0 Å². The van der Waals surface area contributed by atoms with Crippen LogP contribution in [0.5, 0.6) is 0 Å². The Morgan fingerprint density at radius 3 is 2.23 bits per heavy atom. The lowest BCUT2D eigenvalue weighted by atomic mass is 10.2. The number of halogens is 2. The first kappa shape index (κ1) is 23.7. The van der Waals surface area contributed by atoms with Crippen molar-refractivity contribution in [3.05, 3.63) is 94.7 Å². The predicted octanol–water partition coefficient (Wildman–Crippen LogP) is 5.40. The van der Waals surface area contributed by atoms with Crippen LogP contribution in [0, 0.1) is 5.82 Å². The van der Waals surface area contributed by atoms with Gasteiger partial charge in [0.2, 0.25) is 26.6 Å². The summed E-state index contributed by atoms with van der Waals surface area (Å²) in [4.78, 5) is 8.60. The number of nitrogens with zero attached hydrogens (tertiary/aromatic N) is 3. The van der Waals surface area contributed by atoms with Gasteiger partial charge in [0, 0.05) is 37.2 Å². The van der Waals surface area contributed by atoms with Crippen LogP contribution in [0.15, 0.2) is 97.7 Å². The highest BCUT2D eigenvalue weighted by molar-refractivity contribution is 9.10. The third kappa shape index (κ3) is 5.03. The van der Waals surface area contributed by atoms with Crippen molar-refractivity contribution in [2.75, 3.05) is 31.1 Å². The molecule has 0 bridgehead atoms. The summed E-state index contributed by atoms with van der Waals surface area (Å²) < 4.78 is 48.4. The largest absolute Gasteiger partial charge is 0.419 e. The van der Waals surface area contributed by atoms with Crippen molar-refractivity contribution in [2.24, 2.45) is 0 Å². The molecule has 0 atom stereocenters. The van der Waals surface area contributed by atoms with E-state index in [0.717, 1.165) is 24.1 Å². The number of piperazine rings is 1. The van der Waals surface area contributed by atoms with Gasteiger partial charge in [-0.3, -0.25) is 4.90 Å². The van der Waals surface area contributed by atoms with E-state index in [0.29, 0.717) is 13.1 Å². The summed E-state index contributed by atoms with van der Waals surface area (Å²) in [6, 6.07) is 22.6. The Morgan fingerprint density at radius 2 is 1.54 bits per heavy atom. The lowest BCUT2D eigenvalue weighted by Crippen LogP contribution is -2.46. The van der Waals surface area contributed by atoms with E-state index in [2.05, 4.69) is 37.9 Å². The Labute approximate surface area is 212 Å². The number of sulfone groups is 1. The second-order valence-corrected chi connectivity index (χ2v) is 11.1. The average Bonchev–Trinajstić information content (AvgIpc) is 3.32. The smallest absolute Gasteiger partial charge is 0.236 e. The molecule has 180 valence electrons. The summed E-state index contributed by atoms with van der Waals surface area (Å²) in [5.74, 6) is -0.438. The van der Waals surface area contributed by atoms with E-state index in [1.807, 2.05) is 23.1 Å². The second-order valence-electron chi connectivity index (χ2n) is 8.32. The molecule has 0 amide bonds. The fourth-order valence-corrected chi connectivity index (χ4v) is 5.68. The highest BCUT2D eigenvalue weighted by atomic mass is 79.9. The molecule has 4 aromatic rings. The Kier molecular flexibility index (Phi) is 6.73. The van der Waals surface area contributed by atoms with Gasteiger partial charge < -0.3 is 9.32 Å². The van der Waals surface area contributed by atoms with Gasteiger partial charge in [-0.1, -0.05) is 58.4 Å². The van der Waals surface area contributed by atoms with Gasteiger partial charge in [0.05, 0.1) is 10.5 Å². The van der Waals surface area contributed by atoms with Gasteiger partial charge in [-0.2, -0.15) is 4.98 Å². The van der Waals surface area contributed by atoms with Gasteiger partial charge >= 0.3 is 0 Å². The van der Waals surface area contributed by atoms with E-state index in [1.54, 1.807) is 24.3 Å². The molecule has 5 rings (SSSR count). The molecular formula is C26H23BrFN3O3S. The van der Waals surface area contributed by atoms with Crippen LogP contribution in [0.4, 0.5) is 10.3 Å². The molecule has 1 aliphatic rings. The number of benzene rings is 3. The van der Waals surface area contributed by atoms with Crippen molar-refractivity contribution in [1.29, 1.82) is 0 Å². The lowest BCUT2D eigenvalue weighted by Gasteiger charge is -2.34. The van der Waals surface area contributed by atoms with Crippen molar-refractivity contribution in [3.63, 3.8) is 0 Å². The fourth-order valence-electron chi connectivity index (χ4n) is 4.10. The number of hydrogen-bond acceptors (Lipinski definition) is 6. The zero-order valence-corrected chi connectivity index (χ0v) is 21.2. The summed E-state index contributed by atoms with van der Waals surface area (Å²) >= 11 is 3.33. The quantitative estimate of drug-likeness (QED) is 0.317. The minimum Gasteiger partial charge on any atom is -0.419 e. The Bertz CT molecular complexity index is 1420. The van der Waals surface area contributed by atoms with Crippen LogP contribution in [0.2, 0.25) is 0 Å². The Hall–Kier alpha value is -3.01. The molecule has 1 fully saturated rings. The monoisotopic (exact) mass is 555 g/mol. The summed E-state index contributed by atoms with van der Waals surface area (Å²) in [7, 11) is -4.00. The topological polar surface area (TPSA) is 66.7 Å². The van der Waals surface area contributed by atoms with Crippen LogP contribution in [-0.2, 0) is 16.4 Å². The second kappa shape index (κ2) is 9.93. The minimum absolute atomic E-state index is 0.0551. The molecule has 6 nitrogen and oxygen atoms in total. The molecule has 9 heteroatoms. The van der Waals surface area contributed by atoms with Crippen molar-refractivity contribution in [2.45, 2.75) is 16.5 Å². The number of hydrogen-bond donors (Lipinski definition) is 0. The van der Waals surface area contributed by atoms with Gasteiger partial charge in [-0.15, -0.1) is 0 Å². The third-order valence-corrected chi connectivity index (χ3v) is 8.17. The first-order valence-electron chi connectivity index (χ1n) is 11.2. The minimum atomic E-state index is -4.00. The molecule has 1 saturated heterocycles. The number of rotatable bonds is 6. The summed E-state index contributed by atoms with van der Waals surface area (Å²) in [6.07, 6.45) is 0. The van der Waals surface area contributed by atoms with Gasteiger partial charge in [0.1, 0.15) is 5.82 Å². The zero-order valence-electron chi connectivity index (χ0n) is 18.8. The van der Waals surface area contributed by atoms with E-state index in [-0.39, 0.29) is 27.3 Å². The molecule has 0 N–H and O–H groups in total. The summed E-state index contributed by atoms with van der Waals surface area (Å²) in [5, 5.41) is -0.199. The molecule has 0 aliphatic carbocycles. The highest BCUT2D eigenvalue weighted by Crippen LogP contribution is 2.36. The molecule has 0 unspecified atom stereocenters. The summed E-state index contributed by atoms with van der Waals surface area (Å²) in [6.45, 7) is 3.38. The van der Waals surface area contributed by atoms with E-state index < -0.39 is 15.7 Å². The normalized spacial score (nSPS) is 14.9. The number of anilines is 1. The van der Waals surface area contributed by atoms with E-state index in [4.69, 9.17) is 4.42 Å². The molecule has 0 spiro atoms. The van der Waals surface area contributed by atoms with Crippen molar-refractivity contribution < 1.29 is 17.2 Å². The number of aromatic nitrogens is 1. The maximum Gasteiger partial charge on any atom is 0.236 e. The summed E-state index contributed by atoms with van der Waals surface area (Å²) in [5.41, 5.74) is 1.34. The molecule has 3 aromatic carbocycles. The van der Waals surface area contributed by atoms with Crippen LogP contribution < -0.4 is 4.90 Å². The van der Waals surface area contributed by atoms with Crippen molar-refractivity contribution >= 4 is 31.7 Å². The predicted molar refractivity (Wildman–Crippen MR) is 135 cm³/mol. The highest BCUT2D eigenvalue weighted by Gasteiger charge is 2.33. The first-order valence-corrected chi connectivity index (χ1v) is 13.5. The van der Waals surface area contributed by atoms with E-state index in [9.17, 15) is 12.8 Å². The molecule has 2 heterocycles. The lowest BCUT2D eigenvalue weighted by molar-refractivity contribution is 0.245. The maximum atomic E-state index is 14.5. The third-order valence-electron chi connectivity index (χ3n) is 5.97. The first-order chi connectivity index (χ1) is 16.9. The van der Waals surface area contributed by atoms with E-state index in [1.165, 1.54) is 29.8 Å². The molecule has 1 aromatic heterocycles. The van der Waals surface area contributed by atoms with Crippen molar-refractivity contribution in [1.82, 2.24) is 9.88 Å². The van der Waals surface area contributed by atoms with Crippen LogP contribution in [0.3, 0.4) is 0 Å². The maximum absolute atomic E-state index is 14.5. The fraction of sp³-hybridized carbons (Fsp3) is 0.192. The SMILES string of the molecule is O=S(=O)(c1ccc(Br)cc1)c1nc(-c2ccccc2F)oc1N1CCN(Cc2ccccc2)CC1. The Balaban J connectivity index is 1.48. The van der Waals surface area contributed by atoms with Crippen LogP contribution in [-0.4, -0.2) is 44.5 Å². The molecular weight excluding hydrogens is 533 g/mol. The Morgan fingerprint density at radius 1 is 0.886 bits per heavy atom. The van der Waals surface area contributed by atoms with Crippen molar-refractivity contribution in [3.8, 4) is 11.5 Å². The zero-order chi connectivity index (χ0) is 24.4. The van der Waals surface area contributed by atoms with Crippen LogP contribution >= 0.6 is 15.9 Å². The average molecular weight is 556 g/mol. The van der Waals surface area contributed by atoms with Crippen LogP contribution in [0.25, 0.3) is 11.5 Å². The number of oxazole rings is 1. The van der Waals surface area contributed by atoms with Gasteiger partial charge in [0.25, 0.3) is 0 Å². The molecule has 1 aliphatic heterocycles.